The number of carbonyl (C=O) groups is 3. The molecule has 6 nitrogen and oxygen atoms in total. The predicted molar refractivity (Wildman–Crippen MR) is 80.0 cm³/mol. The highest BCUT2D eigenvalue weighted by atomic mass is 19.1. The summed E-state index contributed by atoms with van der Waals surface area (Å²) in [5.74, 6) is -2.01. The first-order chi connectivity index (χ1) is 10.9. The lowest BCUT2D eigenvalue weighted by molar-refractivity contribution is -0.132. The lowest BCUT2D eigenvalue weighted by atomic mass is 9.92. The molecule has 1 heterocycles. The summed E-state index contributed by atoms with van der Waals surface area (Å²) in [5, 5.41) is 8.99. The number of rotatable bonds is 5. The van der Waals surface area contributed by atoms with Crippen LogP contribution < -0.4 is 4.90 Å². The summed E-state index contributed by atoms with van der Waals surface area (Å²) in [5.41, 5.74) is 0.677. The van der Waals surface area contributed by atoms with Crippen molar-refractivity contribution in [3.05, 3.63) is 47.2 Å². The number of hydrogen-bond acceptors (Lipinski definition) is 4. The molecule has 0 saturated heterocycles. The topological polar surface area (TPSA) is 87.6 Å². The van der Waals surface area contributed by atoms with Gasteiger partial charge in [-0.1, -0.05) is 0 Å². The Morgan fingerprint density at radius 1 is 1.39 bits per heavy atom. The van der Waals surface area contributed by atoms with Gasteiger partial charge in [-0.2, -0.15) is 0 Å². The number of hydrogen-bond donors (Lipinski definition) is 1. The lowest BCUT2D eigenvalue weighted by Crippen LogP contribution is -2.27. The maximum absolute atomic E-state index is 13.3. The van der Waals surface area contributed by atoms with Crippen molar-refractivity contribution in [1.82, 2.24) is 4.98 Å². The zero-order valence-electron chi connectivity index (χ0n) is 12.5. The number of aliphatic carboxylic acids is 1. The monoisotopic (exact) mass is 318 g/mol. The van der Waals surface area contributed by atoms with E-state index in [9.17, 15) is 18.8 Å². The lowest BCUT2D eigenvalue weighted by Gasteiger charge is -2.26. The van der Waals surface area contributed by atoms with Crippen LogP contribution in [0.4, 0.5) is 10.1 Å². The first-order valence-corrected chi connectivity index (χ1v) is 6.97. The number of amides is 1. The summed E-state index contributed by atoms with van der Waals surface area (Å²) in [4.78, 5) is 39.5. The highest BCUT2D eigenvalue weighted by molar-refractivity contribution is 6.03. The highest BCUT2D eigenvalue weighted by Crippen LogP contribution is 2.29. The third-order valence-corrected chi connectivity index (χ3v) is 3.49. The summed E-state index contributed by atoms with van der Waals surface area (Å²) < 4.78 is 13.3. The molecule has 0 bridgehead atoms. The minimum Gasteiger partial charge on any atom is -0.478 e. The molecule has 0 saturated carbocycles. The second-order valence-corrected chi connectivity index (χ2v) is 5.11. The van der Waals surface area contributed by atoms with Gasteiger partial charge in [0.15, 0.2) is 5.78 Å². The van der Waals surface area contributed by atoms with Crippen molar-refractivity contribution in [3.8, 4) is 0 Å². The fraction of sp³-hybridized carbons (Fsp3) is 0.250. The normalized spacial score (nSPS) is 15.6. The Hall–Kier alpha value is -2.83. The summed E-state index contributed by atoms with van der Waals surface area (Å²) in [6.07, 6.45) is 5.23. The van der Waals surface area contributed by atoms with Gasteiger partial charge in [0.2, 0.25) is 6.41 Å². The van der Waals surface area contributed by atoms with Crippen LogP contribution in [0.25, 0.3) is 0 Å². The average molecular weight is 318 g/mol. The number of allylic oxidation sites excluding steroid dienone is 3. The SMILES string of the molecule is C/C(=C\C1=C(N(C=O)c2cncc(F)c2)CCCC1=O)C(=O)O. The van der Waals surface area contributed by atoms with Gasteiger partial charge in [0.25, 0.3) is 0 Å². The van der Waals surface area contributed by atoms with E-state index < -0.39 is 11.8 Å². The van der Waals surface area contributed by atoms with Crippen molar-refractivity contribution in [1.29, 1.82) is 0 Å². The average Bonchev–Trinajstić information content (AvgIpc) is 2.51. The second-order valence-electron chi connectivity index (χ2n) is 5.11. The molecule has 0 radical (unpaired) electrons. The van der Waals surface area contributed by atoms with Gasteiger partial charge in [0.1, 0.15) is 5.82 Å². The van der Waals surface area contributed by atoms with Gasteiger partial charge in [-0.15, -0.1) is 0 Å². The largest absolute Gasteiger partial charge is 0.478 e. The molecule has 23 heavy (non-hydrogen) atoms. The molecular formula is C16H15FN2O4. The van der Waals surface area contributed by atoms with Crippen molar-refractivity contribution in [2.24, 2.45) is 0 Å². The summed E-state index contributed by atoms with van der Waals surface area (Å²) >= 11 is 0. The Labute approximate surface area is 131 Å². The molecule has 0 aromatic carbocycles. The predicted octanol–water partition coefficient (Wildman–Crippen LogP) is 2.22. The highest BCUT2D eigenvalue weighted by Gasteiger charge is 2.25. The number of carboxylic acids is 1. The van der Waals surface area contributed by atoms with Gasteiger partial charge in [0, 0.05) is 29.3 Å². The Bertz CT molecular complexity index is 725. The summed E-state index contributed by atoms with van der Waals surface area (Å²) in [6, 6.07) is 1.12. The maximum atomic E-state index is 13.3. The summed E-state index contributed by atoms with van der Waals surface area (Å²) in [6.45, 7) is 1.36. The van der Waals surface area contributed by atoms with Gasteiger partial charge in [-0.25, -0.2) is 9.18 Å². The zero-order valence-corrected chi connectivity index (χ0v) is 12.5. The van der Waals surface area contributed by atoms with Crippen LogP contribution in [0.15, 0.2) is 41.4 Å². The molecule has 0 atom stereocenters. The Morgan fingerprint density at radius 2 is 2.13 bits per heavy atom. The number of halogens is 1. The van der Waals surface area contributed by atoms with E-state index in [1.807, 2.05) is 0 Å². The first-order valence-electron chi connectivity index (χ1n) is 6.97. The molecule has 1 N–H and O–H groups in total. The molecule has 1 aromatic heterocycles. The van der Waals surface area contributed by atoms with Gasteiger partial charge in [-0.3, -0.25) is 19.5 Å². The van der Waals surface area contributed by atoms with Gasteiger partial charge in [0.05, 0.1) is 18.1 Å². The van der Waals surface area contributed by atoms with Crippen molar-refractivity contribution >= 4 is 23.9 Å². The fourth-order valence-electron chi connectivity index (χ4n) is 2.35. The molecular weight excluding hydrogens is 303 g/mol. The van der Waals surface area contributed by atoms with Crippen molar-refractivity contribution in [3.63, 3.8) is 0 Å². The van der Waals surface area contributed by atoms with E-state index in [0.29, 0.717) is 24.9 Å². The van der Waals surface area contributed by atoms with E-state index in [1.165, 1.54) is 19.2 Å². The maximum Gasteiger partial charge on any atom is 0.331 e. The molecule has 0 aliphatic heterocycles. The minimum absolute atomic E-state index is 0.0176. The van der Waals surface area contributed by atoms with Crippen LogP contribution in [0.5, 0.6) is 0 Å². The molecule has 0 unspecified atom stereocenters. The van der Waals surface area contributed by atoms with Crippen molar-refractivity contribution in [2.75, 3.05) is 4.90 Å². The third-order valence-electron chi connectivity index (χ3n) is 3.49. The smallest absolute Gasteiger partial charge is 0.331 e. The number of carboxylic acid groups (broad SMARTS) is 1. The Kier molecular flexibility index (Phi) is 5.00. The number of carbonyl (C=O) groups excluding carboxylic acids is 2. The van der Waals surface area contributed by atoms with E-state index >= 15 is 0 Å². The van der Waals surface area contributed by atoms with Gasteiger partial charge < -0.3 is 5.11 Å². The minimum atomic E-state index is -1.15. The first kappa shape index (κ1) is 16.5. The number of ketones is 1. The van der Waals surface area contributed by atoms with E-state index in [0.717, 1.165) is 17.2 Å². The molecule has 1 amide bonds. The van der Waals surface area contributed by atoms with Crippen molar-refractivity contribution in [2.45, 2.75) is 26.2 Å². The number of anilines is 1. The van der Waals surface area contributed by atoms with Crippen LogP contribution in [-0.4, -0.2) is 28.3 Å². The molecule has 0 fully saturated rings. The molecule has 1 aromatic rings. The van der Waals surface area contributed by atoms with Gasteiger partial charge in [-0.05, 0) is 25.8 Å². The number of Topliss-reactive ketones (excluding diaryl/α,β-unsaturated/α-hetero) is 1. The Balaban J connectivity index is 2.57. The number of aromatic nitrogens is 1. The molecule has 1 aliphatic rings. The van der Waals surface area contributed by atoms with Crippen LogP contribution in [0.3, 0.4) is 0 Å². The summed E-state index contributed by atoms with van der Waals surface area (Å²) in [7, 11) is 0. The molecule has 1 aliphatic carbocycles. The molecule has 2 rings (SSSR count). The van der Waals surface area contributed by atoms with Crippen LogP contribution in [0.1, 0.15) is 26.2 Å². The quantitative estimate of drug-likeness (QED) is 0.664. The van der Waals surface area contributed by atoms with Crippen molar-refractivity contribution < 1.29 is 23.9 Å². The standard InChI is InChI=1S/C16H15FN2O4/c1-10(16(22)23)5-13-14(3-2-4-15(13)21)19(9-20)12-6-11(17)7-18-8-12/h5-9H,2-4H2,1H3,(H,22,23)/b10-5+. The second kappa shape index (κ2) is 6.95. The van der Waals surface area contributed by atoms with Gasteiger partial charge >= 0.3 is 5.97 Å². The third kappa shape index (κ3) is 3.68. The Morgan fingerprint density at radius 3 is 2.74 bits per heavy atom. The van der Waals surface area contributed by atoms with Crippen LogP contribution >= 0.6 is 0 Å². The van der Waals surface area contributed by atoms with E-state index in [4.69, 9.17) is 5.11 Å². The van der Waals surface area contributed by atoms with E-state index in [2.05, 4.69) is 4.98 Å². The number of nitrogens with zero attached hydrogens (tertiary/aromatic N) is 2. The molecule has 120 valence electrons. The fourth-order valence-corrected chi connectivity index (χ4v) is 2.35. The van der Waals surface area contributed by atoms with E-state index in [-0.39, 0.29) is 29.0 Å². The van der Waals surface area contributed by atoms with Crippen LogP contribution in [0, 0.1) is 5.82 Å². The molecule has 7 heteroatoms. The zero-order chi connectivity index (χ0) is 17.0. The van der Waals surface area contributed by atoms with Crippen LogP contribution in [0.2, 0.25) is 0 Å². The van der Waals surface area contributed by atoms with E-state index in [1.54, 1.807) is 0 Å². The van der Waals surface area contributed by atoms with Crippen LogP contribution in [-0.2, 0) is 14.4 Å². The number of pyridine rings is 1. The molecule has 0 spiro atoms.